The number of hydrogen-bond donors (Lipinski definition) is 0. The highest BCUT2D eigenvalue weighted by molar-refractivity contribution is 7.97. The van der Waals surface area contributed by atoms with Crippen LogP contribution in [0.15, 0.2) is 59.5 Å². The standard InChI is InChI=1S/C14H13NS/c1-15-14(11-7-3-2-4-8-11)12-9-5-6-10-13(12)16-15/h2-10,14H,1H3. The van der Waals surface area contributed by atoms with Crippen molar-refractivity contribution in [3.05, 3.63) is 65.7 Å². The fourth-order valence-electron chi connectivity index (χ4n) is 2.22. The number of hydrogen-bond acceptors (Lipinski definition) is 2. The summed E-state index contributed by atoms with van der Waals surface area (Å²) in [6.07, 6.45) is 0. The summed E-state index contributed by atoms with van der Waals surface area (Å²) in [7, 11) is 2.16. The van der Waals surface area contributed by atoms with E-state index in [4.69, 9.17) is 0 Å². The van der Waals surface area contributed by atoms with Crippen molar-refractivity contribution in [1.29, 1.82) is 0 Å². The molecule has 80 valence electrons. The minimum Gasteiger partial charge on any atom is -0.237 e. The van der Waals surface area contributed by atoms with E-state index in [1.165, 1.54) is 16.0 Å². The van der Waals surface area contributed by atoms with E-state index in [9.17, 15) is 0 Å². The van der Waals surface area contributed by atoms with Crippen LogP contribution in [0.3, 0.4) is 0 Å². The highest BCUT2D eigenvalue weighted by Gasteiger charge is 2.28. The first-order chi connectivity index (χ1) is 7.86. The molecule has 0 aliphatic carbocycles. The van der Waals surface area contributed by atoms with Crippen molar-refractivity contribution in [2.24, 2.45) is 0 Å². The summed E-state index contributed by atoms with van der Waals surface area (Å²) >= 11 is 1.83. The first-order valence-electron chi connectivity index (χ1n) is 5.41. The van der Waals surface area contributed by atoms with Gasteiger partial charge in [-0.1, -0.05) is 48.5 Å². The van der Waals surface area contributed by atoms with Crippen LogP contribution in [0, 0.1) is 0 Å². The Hall–Kier alpha value is -1.25. The second-order valence-electron chi connectivity index (χ2n) is 3.99. The van der Waals surface area contributed by atoms with E-state index in [0.29, 0.717) is 6.04 Å². The van der Waals surface area contributed by atoms with Crippen LogP contribution in [0.4, 0.5) is 0 Å². The van der Waals surface area contributed by atoms with E-state index in [2.05, 4.69) is 66.0 Å². The number of benzene rings is 2. The topological polar surface area (TPSA) is 3.24 Å². The molecular formula is C14H13NS. The van der Waals surface area contributed by atoms with Crippen molar-refractivity contribution < 1.29 is 0 Å². The van der Waals surface area contributed by atoms with Crippen LogP contribution in [-0.4, -0.2) is 11.4 Å². The molecule has 0 amide bonds. The zero-order valence-corrected chi connectivity index (χ0v) is 9.95. The van der Waals surface area contributed by atoms with Gasteiger partial charge >= 0.3 is 0 Å². The summed E-state index contributed by atoms with van der Waals surface area (Å²) in [4.78, 5) is 1.37. The SMILES string of the molecule is CN1Sc2ccccc2C1c1ccccc1. The van der Waals surface area contributed by atoms with Crippen LogP contribution >= 0.6 is 11.9 Å². The molecule has 16 heavy (non-hydrogen) atoms. The molecular weight excluding hydrogens is 214 g/mol. The van der Waals surface area contributed by atoms with Gasteiger partial charge in [0.05, 0.1) is 6.04 Å². The monoisotopic (exact) mass is 227 g/mol. The minimum atomic E-state index is 0.391. The average Bonchev–Trinajstić information content (AvgIpc) is 2.66. The molecule has 1 aliphatic heterocycles. The van der Waals surface area contributed by atoms with Gasteiger partial charge in [0, 0.05) is 4.90 Å². The molecule has 2 aromatic rings. The Kier molecular flexibility index (Phi) is 2.46. The molecule has 1 unspecified atom stereocenters. The third kappa shape index (κ3) is 1.55. The van der Waals surface area contributed by atoms with Crippen LogP contribution < -0.4 is 0 Å². The molecule has 2 aromatic carbocycles. The molecule has 1 atom stereocenters. The summed E-state index contributed by atoms with van der Waals surface area (Å²) in [5.41, 5.74) is 2.78. The van der Waals surface area contributed by atoms with Crippen LogP contribution in [0.1, 0.15) is 17.2 Å². The Balaban J connectivity index is 2.09. The first kappa shape index (κ1) is 9.94. The van der Waals surface area contributed by atoms with E-state index >= 15 is 0 Å². The second-order valence-corrected chi connectivity index (χ2v) is 5.19. The van der Waals surface area contributed by atoms with Crippen molar-refractivity contribution in [1.82, 2.24) is 4.31 Å². The summed E-state index contributed by atoms with van der Waals surface area (Å²) in [5.74, 6) is 0. The lowest BCUT2D eigenvalue weighted by Gasteiger charge is -2.19. The lowest BCUT2D eigenvalue weighted by Crippen LogP contribution is -2.12. The molecule has 0 fully saturated rings. The summed E-state index contributed by atoms with van der Waals surface area (Å²) in [6, 6.07) is 19.7. The van der Waals surface area contributed by atoms with E-state index in [1.807, 2.05) is 11.9 Å². The Morgan fingerprint density at radius 1 is 0.938 bits per heavy atom. The second kappa shape index (κ2) is 3.96. The normalized spacial score (nSPS) is 19.7. The quantitative estimate of drug-likeness (QED) is 0.683. The fraction of sp³-hybridized carbons (Fsp3) is 0.143. The molecule has 1 heterocycles. The van der Waals surface area contributed by atoms with Gasteiger partial charge in [-0.15, -0.1) is 0 Å². The molecule has 0 N–H and O–H groups in total. The molecule has 1 nitrogen and oxygen atoms in total. The first-order valence-corrected chi connectivity index (χ1v) is 6.18. The molecule has 0 saturated heterocycles. The lowest BCUT2D eigenvalue weighted by atomic mass is 9.99. The highest BCUT2D eigenvalue weighted by atomic mass is 32.2. The van der Waals surface area contributed by atoms with Crippen LogP contribution in [0.25, 0.3) is 0 Å². The van der Waals surface area contributed by atoms with Gasteiger partial charge in [0.2, 0.25) is 0 Å². The van der Waals surface area contributed by atoms with Crippen LogP contribution in [0.2, 0.25) is 0 Å². The Labute approximate surface area is 100 Å². The van der Waals surface area contributed by atoms with Crippen molar-refractivity contribution in [3.63, 3.8) is 0 Å². The molecule has 2 heteroatoms. The maximum Gasteiger partial charge on any atom is 0.0713 e. The molecule has 0 bridgehead atoms. The van der Waals surface area contributed by atoms with E-state index in [0.717, 1.165) is 0 Å². The Bertz CT molecular complexity index is 495. The third-order valence-electron chi connectivity index (χ3n) is 2.93. The Morgan fingerprint density at radius 2 is 1.62 bits per heavy atom. The third-order valence-corrected chi connectivity index (χ3v) is 4.00. The van der Waals surface area contributed by atoms with Crippen molar-refractivity contribution >= 4 is 11.9 Å². The van der Waals surface area contributed by atoms with Gasteiger partial charge in [0.1, 0.15) is 0 Å². The average molecular weight is 227 g/mol. The molecule has 0 spiro atoms. The van der Waals surface area contributed by atoms with E-state index < -0.39 is 0 Å². The molecule has 0 radical (unpaired) electrons. The zero-order chi connectivity index (χ0) is 11.0. The minimum absolute atomic E-state index is 0.391. The predicted octanol–water partition coefficient (Wildman–Crippen LogP) is 3.73. The van der Waals surface area contributed by atoms with E-state index in [1.54, 1.807) is 0 Å². The van der Waals surface area contributed by atoms with Gasteiger partial charge in [-0.05, 0) is 36.2 Å². The van der Waals surface area contributed by atoms with Gasteiger partial charge in [-0.3, -0.25) is 0 Å². The van der Waals surface area contributed by atoms with Crippen molar-refractivity contribution in [2.45, 2.75) is 10.9 Å². The molecule has 1 aliphatic rings. The van der Waals surface area contributed by atoms with Gasteiger partial charge in [0.15, 0.2) is 0 Å². The van der Waals surface area contributed by atoms with E-state index in [-0.39, 0.29) is 0 Å². The highest BCUT2D eigenvalue weighted by Crippen LogP contribution is 2.45. The largest absolute Gasteiger partial charge is 0.237 e. The summed E-state index contributed by atoms with van der Waals surface area (Å²) in [5, 5.41) is 0. The lowest BCUT2D eigenvalue weighted by molar-refractivity contribution is 0.496. The molecule has 0 saturated carbocycles. The maximum atomic E-state index is 2.32. The number of fused-ring (bicyclic) bond motifs is 1. The van der Waals surface area contributed by atoms with Crippen molar-refractivity contribution in [2.75, 3.05) is 7.05 Å². The van der Waals surface area contributed by atoms with Gasteiger partial charge < -0.3 is 0 Å². The fourth-order valence-corrected chi connectivity index (χ4v) is 3.29. The van der Waals surface area contributed by atoms with Gasteiger partial charge in [0.25, 0.3) is 0 Å². The van der Waals surface area contributed by atoms with Crippen LogP contribution in [-0.2, 0) is 0 Å². The van der Waals surface area contributed by atoms with Gasteiger partial charge in [-0.2, -0.15) is 0 Å². The van der Waals surface area contributed by atoms with Gasteiger partial charge in [-0.25, -0.2) is 4.31 Å². The molecule has 3 rings (SSSR count). The summed E-state index contributed by atoms with van der Waals surface area (Å²) < 4.78 is 2.32. The molecule has 0 aromatic heterocycles. The van der Waals surface area contributed by atoms with Crippen LogP contribution in [0.5, 0.6) is 0 Å². The maximum absolute atomic E-state index is 2.32. The Morgan fingerprint density at radius 3 is 2.44 bits per heavy atom. The number of rotatable bonds is 1. The van der Waals surface area contributed by atoms with Crippen molar-refractivity contribution in [3.8, 4) is 0 Å². The zero-order valence-electron chi connectivity index (χ0n) is 9.13. The summed E-state index contributed by atoms with van der Waals surface area (Å²) in [6.45, 7) is 0. The number of nitrogens with zero attached hydrogens (tertiary/aromatic N) is 1. The smallest absolute Gasteiger partial charge is 0.0713 e. The predicted molar refractivity (Wildman–Crippen MR) is 68.3 cm³/mol.